The van der Waals surface area contributed by atoms with E-state index in [4.69, 9.17) is 5.73 Å². The van der Waals surface area contributed by atoms with Crippen LogP contribution in [0.25, 0.3) is 0 Å². The first-order valence-electron chi connectivity index (χ1n) is 7.79. The highest BCUT2D eigenvalue weighted by Gasteiger charge is 2.23. The van der Waals surface area contributed by atoms with E-state index in [1.165, 1.54) is 16.7 Å². The van der Waals surface area contributed by atoms with E-state index < -0.39 is 0 Å². The second kappa shape index (κ2) is 7.05. The van der Waals surface area contributed by atoms with Crippen LogP contribution in [0.3, 0.4) is 0 Å². The van der Waals surface area contributed by atoms with Gasteiger partial charge in [0.25, 0.3) is 0 Å². The van der Waals surface area contributed by atoms with Crippen molar-refractivity contribution in [2.45, 2.75) is 33.1 Å². The number of carbonyl (C=O) groups is 1. The normalized spacial score (nSPS) is 13.2. The zero-order valence-corrected chi connectivity index (χ0v) is 14.5. The highest BCUT2D eigenvalue weighted by atomic mass is 35.5. The largest absolute Gasteiger partial charge is 0.399 e. The molecular weight excluding hydrogens is 308 g/mol. The molecule has 1 amide bonds. The molecule has 0 unspecified atom stereocenters. The second-order valence-electron chi connectivity index (χ2n) is 6.15. The lowest BCUT2D eigenvalue weighted by atomic mass is 9.94. The molecule has 2 N–H and O–H groups in total. The first-order valence-corrected chi connectivity index (χ1v) is 7.79. The van der Waals surface area contributed by atoms with Gasteiger partial charge in [-0.3, -0.25) is 4.79 Å². The molecular formula is C19H23ClN2O. The highest BCUT2D eigenvalue weighted by molar-refractivity contribution is 5.96. The summed E-state index contributed by atoms with van der Waals surface area (Å²) in [7, 11) is 0. The Morgan fingerprint density at radius 3 is 2.57 bits per heavy atom. The molecule has 3 rings (SSSR count). The molecule has 0 aliphatic carbocycles. The molecule has 2 aromatic carbocycles. The Labute approximate surface area is 143 Å². The Morgan fingerprint density at radius 2 is 1.87 bits per heavy atom. The van der Waals surface area contributed by atoms with Gasteiger partial charge in [0.15, 0.2) is 0 Å². The standard InChI is InChI=1S/C19H22N2O.ClH/c1-13-10-14(2)17-4-3-9-21(18(17)11-13)19(22)12-15-5-7-16(20)8-6-15;/h5-8,10-11H,3-4,9,12,20H2,1-2H3;1H. The third-order valence-electron chi connectivity index (χ3n) is 4.33. The zero-order chi connectivity index (χ0) is 15.7. The van der Waals surface area contributed by atoms with Crippen LogP contribution in [-0.4, -0.2) is 12.5 Å². The first kappa shape index (κ1) is 17.4. The molecule has 3 nitrogen and oxygen atoms in total. The molecule has 1 heterocycles. The molecule has 0 saturated carbocycles. The molecule has 0 aromatic heterocycles. The van der Waals surface area contributed by atoms with Crippen LogP contribution < -0.4 is 10.6 Å². The highest BCUT2D eigenvalue weighted by Crippen LogP contribution is 2.31. The molecule has 0 spiro atoms. The number of anilines is 2. The van der Waals surface area contributed by atoms with Crippen molar-refractivity contribution in [2.24, 2.45) is 0 Å². The third-order valence-corrected chi connectivity index (χ3v) is 4.33. The van der Waals surface area contributed by atoms with E-state index in [2.05, 4.69) is 26.0 Å². The van der Waals surface area contributed by atoms with Crippen LogP contribution in [0.4, 0.5) is 11.4 Å². The molecule has 0 radical (unpaired) electrons. The van der Waals surface area contributed by atoms with Gasteiger partial charge in [-0.25, -0.2) is 0 Å². The summed E-state index contributed by atoms with van der Waals surface area (Å²) in [6.45, 7) is 5.04. The number of halogens is 1. The number of aryl methyl sites for hydroxylation is 2. The summed E-state index contributed by atoms with van der Waals surface area (Å²) in [4.78, 5) is 14.7. The zero-order valence-electron chi connectivity index (χ0n) is 13.6. The summed E-state index contributed by atoms with van der Waals surface area (Å²) >= 11 is 0. The van der Waals surface area contributed by atoms with Crippen LogP contribution in [0.5, 0.6) is 0 Å². The molecule has 23 heavy (non-hydrogen) atoms. The van der Waals surface area contributed by atoms with Gasteiger partial charge in [-0.2, -0.15) is 0 Å². The molecule has 1 aliphatic rings. The molecule has 122 valence electrons. The molecule has 1 aliphatic heterocycles. The lowest BCUT2D eigenvalue weighted by Crippen LogP contribution is -2.36. The fourth-order valence-corrected chi connectivity index (χ4v) is 3.24. The lowest BCUT2D eigenvalue weighted by Gasteiger charge is -2.31. The quantitative estimate of drug-likeness (QED) is 0.851. The van der Waals surface area contributed by atoms with Gasteiger partial charge in [0.05, 0.1) is 6.42 Å². The predicted molar refractivity (Wildman–Crippen MR) is 98.4 cm³/mol. The van der Waals surface area contributed by atoms with Crippen LogP contribution >= 0.6 is 12.4 Å². The van der Waals surface area contributed by atoms with Crippen molar-refractivity contribution in [3.63, 3.8) is 0 Å². The number of hydrogen-bond donors (Lipinski definition) is 1. The first-order chi connectivity index (χ1) is 10.5. The van der Waals surface area contributed by atoms with Gasteiger partial charge in [-0.05, 0) is 67.1 Å². The number of hydrogen-bond acceptors (Lipinski definition) is 2. The monoisotopic (exact) mass is 330 g/mol. The van der Waals surface area contributed by atoms with E-state index in [0.717, 1.165) is 36.3 Å². The lowest BCUT2D eigenvalue weighted by molar-refractivity contribution is -0.118. The van der Waals surface area contributed by atoms with E-state index in [9.17, 15) is 4.79 Å². The second-order valence-corrected chi connectivity index (χ2v) is 6.15. The van der Waals surface area contributed by atoms with E-state index >= 15 is 0 Å². The van der Waals surface area contributed by atoms with Crippen LogP contribution in [0.15, 0.2) is 36.4 Å². The van der Waals surface area contributed by atoms with Crippen molar-refractivity contribution in [1.82, 2.24) is 0 Å². The van der Waals surface area contributed by atoms with Crippen LogP contribution in [0, 0.1) is 13.8 Å². The van der Waals surface area contributed by atoms with Gasteiger partial charge in [0.2, 0.25) is 5.91 Å². The van der Waals surface area contributed by atoms with E-state index in [0.29, 0.717) is 6.42 Å². The Bertz CT molecular complexity index is 710. The van der Waals surface area contributed by atoms with Gasteiger partial charge in [0.1, 0.15) is 0 Å². The average Bonchev–Trinajstić information content (AvgIpc) is 2.49. The predicted octanol–water partition coefficient (Wildman–Crippen LogP) is 3.83. The topological polar surface area (TPSA) is 46.3 Å². The third kappa shape index (κ3) is 3.67. The number of fused-ring (bicyclic) bond motifs is 1. The summed E-state index contributed by atoms with van der Waals surface area (Å²) in [5, 5.41) is 0. The van der Waals surface area contributed by atoms with Crippen molar-refractivity contribution in [3.8, 4) is 0 Å². The number of benzene rings is 2. The van der Waals surface area contributed by atoms with Gasteiger partial charge in [-0.15, -0.1) is 12.4 Å². The van der Waals surface area contributed by atoms with E-state index in [1.54, 1.807) is 0 Å². The minimum atomic E-state index is 0. The molecule has 0 bridgehead atoms. The maximum atomic E-state index is 12.7. The Balaban J connectivity index is 0.00000192. The number of nitrogens with two attached hydrogens (primary N) is 1. The Hall–Kier alpha value is -2.00. The molecule has 2 aromatic rings. The van der Waals surface area contributed by atoms with Crippen LogP contribution in [0.2, 0.25) is 0 Å². The number of amides is 1. The number of nitrogen functional groups attached to an aromatic ring is 1. The summed E-state index contributed by atoms with van der Waals surface area (Å²) in [5.74, 6) is 0.163. The fourth-order valence-electron chi connectivity index (χ4n) is 3.24. The van der Waals surface area contributed by atoms with Crippen molar-refractivity contribution in [2.75, 3.05) is 17.2 Å². The fraction of sp³-hybridized carbons (Fsp3) is 0.316. The van der Waals surface area contributed by atoms with Crippen molar-refractivity contribution in [1.29, 1.82) is 0 Å². The summed E-state index contributed by atoms with van der Waals surface area (Å²) in [6.07, 6.45) is 2.52. The number of nitrogens with zero attached hydrogens (tertiary/aromatic N) is 1. The van der Waals surface area contributed by atoms with Crippen molar-refractivity contribution in [3.05, 3.63) is 58.7 Å². The molecule has 0 atom stereocenters. The summed E-state index contributed by atoms with van der Waals surface area (Å²) in [6, 6.07) is 11.9. The maximum absolute atomic E-state index is 12.7. The van der Waals surface area contributed by atoms with Crippen LogP contribution in [-0.2, 0) is 17.6 Å². The van der Waals surface area contributed by atoms with E-state index in [-0.39, 0.29) is 18.3 Å². The molecule has 4 heteroatoms. The van der Waals surface area contributed by atoms with Gasteiger partial charge >= 0.3 is 0 Å². The summed E-state index contributed by atoms with van der Waals surface area (Å²) in [5.41, 5.74) is 12.4. The SMILES string of the molecule is Cc1cc(C)c2c(c1)N(C(=O)Cc1ccc(N)cc1)CCC2.Cl. The smallest absolute Gasteiger partial charge is 0.231 e. The van der Waals surface area contributed by atoms with Gasteiger partial charge < -0.3 is 10.6 Å². The van der Waals surface area contributed by atoms with Crippen molar-refractivity contribution >= 4 is 29.7 Å². The minimum absolute atomic E-state index is 0. The summed E-state index contributed by atoms with van der Waals surface area (Å²) < 4.78 is 0. The minimum Gasteiger partial charge on any atom is -0.399 e. The Morgan fingerprint density at radius 1 is 1.17 bits per heavy atom. The molecule has 0 saturated heterocycles. The average molecular weight is 331 g/mol. The molecule has 0 fully saturated rings. The Kier molecular flexibility index (Phi) is 5.32. The van der Waals surface area contributed by atoms with Gasteiger partial charge in [-0.1, -0.05) is 18.2 Å². The number of rotatable bonds is 2. The van der Waals surface area contributed by atoms with E-state index in [1.807, 2.05) is 29.2 Å². The van der Waals surface area contributed by atoms with Crippen LogP contribution in [0.1, 0.15) is 28.7 Å². The maximum Gasteiger partial charge on any atom is 0.231 e. The van der Waals surface area contributed by atoms with Crippen molar-refractivity contribution < 1.29 is 4.79 Å². The van der Waals surface area contributed by atoms with Gasteiger partial charge in [0, 0.05) is 17.9 Å². The number of carbonyl (C=O) groups excluding carboxylic acids is 1.